The first-order chi connectivity index (χ1) is 8.84. The van der Waals surface area contributed by atoms with E-state index in [0.29, 0.717) is 0 Å². The first-order valence-corrected chi connectivity index (χ1v) is 6.60. The zero-order valence-electron chi connectivity index (χ0n) is 11.0. The number of hydrogen-bond acceptors (Lipinski definition) is 1. The van der Waals surface area contributed by atoms with Crippen molar-refractivity contribution < 1.29 is 5.11 Å². The van der Waals surface area contributed by atoms with Gasteiger partial charge in [-0.3, -0.25) is 0 Å². The average molecular weight is 277 g/mol. The predicted molar refractivity (Wildman–Crippen MR) is 82.8 cm³/mol. The van der Waals surface area contributed by atoms with E-state index in [1.807, 2.05) is 36.4 Å². The molecule has 1 N–H and O–H groups in total. The van der Waals surface area contributed by atoms with Gasteiger partial charge in [0, 0.05) is 0 Å². The standard InChI is InChI=1S/C17H20O.ClH/c18-17(13-11-15-7-3-1-4-8-15)14-12-16-9-5-2-6-10-16;/h1-10,17-18H,11-14H2;1H. The molecule has 0 saturated carbocycles. The Morgan fingerprint density at radius 1 is 0.684 bits per heavy atom. The smallest absolute Gasteiger partial charge is 0.0546 e. The minimum Gasteiger partial charge on any atom is -0.393 e. The highest BCUT2D eigenvalue weighted by molar-refractivity contribution is 5.85. The molecule has 0 saturated heterocycles. The molecule has 2 aromatic carbocycles. The van der Waals surface area contributed by atoms with Crippen LogP contribution in [0.2, 0.25) is 0 Å². The van der Waals surface area contributed by atoms with E-state index in [4.69, 9.17) is 0 Å². The monoisotopic (exact) mass is 276 g/mol. The van der Waals surface area contributed by atoms with Gasteiger partial charge in [-0.1, -0.05) is 60.7 Å². The minimum atomic E-state index is -0.203. The molecule has 1 nitrogen and oxygen atoms in total. The zero-order chi connectivity index (χ0) is 12.6. The molecule has 102 valence electrons. The maximum Gasteiger partial charge on any atom is 0.0546 e. The highest BCUT2D eigenvalue weighted by Gasteiger charge is 2.05. The van der Waals surface area contributed by atoms with Gasteiger partial charge in [0.2, 0.25) is 0 Å². The summed E-state index contributed by atoms with van der Waals surface area (Å²) in [4.78, 5) is 0. The highest BCUT2D eigenvalue weighted by Crippen LogP contribution is 2.10. The van der Waals surface area contributed by atoms with Crippen molar-refractivity contribution in [2.75, 3.05) is 0 Å². The summed E-state index contributed by atoms with van der Waals surface area (Å²) < 4.78 is 0. The van der Waals surface area contributed by atoms with E-state index < -0.39 is 0 Å². The molecule has 0 atom stereocenters. The van der Waals surface area contributed by atoms with E-state index >= 15 is 0 Å². The minimum absolute atomic E-state index is 0. The van der Waals surface area contributed by atoms with Gasteiger partial charge in [0.25, 0.3) is 0 Å². The van der Waals surface area contributed by atoms with E-state index in [-0.39, 0.29) is 18.5 Å². The van der Waals surface area contributed by atoms with Gasteiger partial charge < -0.3 is 5.11 Å². The van der Waals surface area contributed by atoms with Crippen molar-refractivity contribution in [3.8, 4) is 0 Å². The SMILES string of the molecule is Cl.OC(CCc1ccccc1)CCc1ccccc1. The lowest BCUT2D eigenvalue weighted by molar-refractivity contribution is 0.155. The van der Waals surface area contributed by atoms with E-state index in [0.717, 1.165) is 25.7 Å². The molecule has 0 aliphatic rings. The van der Waals surface area contributed by atoms with Crippen LogP contribution in [0.25, 0.3) is 0 Å². The Labute approximate surface area is 121 Å². The van der Waals surface area contributed by atoms with Gasteiger partial charge in [-0.2, -0.15) is 0 Å². The Hall–Kier alpha value is -1.31. The number of benzene rings is 2. The predicted octanol–water partition coefficient (Wildman–Crippen LogP) is 4.03. The summed E-state index contributed by atoms with van der Waals surface area (Å²) >= 11 is 0. The summed E-state index contributed by atoms with van der Waals surface area (Å²) in [7, 11) is 0. The van der Waals surface area contributed by atoms with Crippen LogP contribution < -0.4 is 0 Å². The molecule has 0 bridgehead atoms. The Morgan fingerprint density at radius 3 is 1.42 bits per heavy atom. The van der Waals surface area contributed by atoms with Crippen LogP contribution in [0.1, 0.15) is 24.0 Å². The third-order valence-corrected chi connectivity index (χ3v) is 3.22. The molecule has 19 heavy (non-hydrogen) atoms. The number of aliphatic hydroxyl groups excluding tert-OH is 1. The van der Waals surface area contributed by atoms with Gasteiger partial charge in [0.1, 0.15) is 0 Å². The van der Waals surface area contributed by atoms with E-state index in [1.54, 1.807) is 0 Å². The number of rotatable bonds is 6. The maximum atomic E-state index is 9.97. The zero-order valence-corrected chi connectivity index (χ0v) is 11.9. The first kappa shape index (κ1) is 15.7. The van der Waals surface area contributed by atoms with Crippen LogP contribution in [0.3, 0.4) is 0 Å². The molecule has 0 amide bonds. The fourth-order valence-electron chi connectivity index (χ4n) is 2.10. The molecular weight excluding hydrogens is 256 g/mol. The molecular formula is C17H21ClO. The summed E-state index contributed by atoms with van der Waals surface area (Å²) in [5.74, 6) is 0. The molecule has 0 spiro atoms. The fraction of sp³-hybridized carbons (Fsp3) is 0.294. The third-order valence-electron chi connectivity index (χ3n) is 3.22. The van der Waals surface area contributed by atoms with E-state index in [9.17, 15) is 5.11 Å². The van der Waals surface area contributed by atoms with Gasteiger partial charge in [-0.05, 0) is 36.8 Å². The molecule has 2 heteroatoms. The Kier molecular flexibility index (Phi) is 7.24. The van der Waals surface area contributed by atoms with Crippen molar-refractivity contribution >= 4 is 12.4 Å². The molecule has 2 aromatic rings. The summed E-state index contributed by atoms with van der Waals surface area (Å²) in [6.45, 7) is 0. The first-order valence-electron chi connectivity index (χ1n) is 6.60. The molecule has 0 aromatic heterocycles. The van der Waals surface area contributed by atoms with Gasteiger partial charge in [0.05, 0.1) is 6.10 Å². The average Bonchev–Trinajstić information content (AvgIpc) is 2.45. The highest BCUT2D eigenvalue weighted by atomic mass is 35.5. The largest absolute Gasteiger partial charge is 0.393 e. The second-order valence-electron chi connectivity index (χ2n) is 4.70. The molecule has 2 rings (SSSR count). The Morgan fingerprint density at radius 2 is 1.05 bits per heavy atom. The topological polar surface area (TPSA) is 20.2 Å². The number of aryl methyl sites for hydroxylation is 2. The molecule has 0 heterocycles. The van der Waals surface area contributed by atoms with Gasteiger partial charge in [0.15, 0.2) is 0 Å². The number of aliphatic hydroxyl groups is 1. The Bertz CT molecular complexity index is 398. The van der Waals surface area contributed by atoms with Crippen LogP contribution in [0.4, 0.5) is 0 Å². The normalized spacial score (nSPS) is 10.2. The molecule has 0 unspecified atom stereocenters. The molecule has 0 fully saturated rings. The van der Waals surface area contributed by atoms with Crippen molar-refractivity contribution in [1.29, 1.82) is 0 Å². The summed E-state index contributed by atoms with van der Waals surface area (Å²) in [6.07, 6.45) is 3.40. The maximum absolute atomic E-state index is 9.97. The van der Waals surface area contributed by atoms with Crippen LogP contribution >= 0.6 is 12.4 Å². The number of halogens is 1. The van der Waals surface area contributed by atoms with Crippen LogP contribution in [0.5, 0.6) is 0 Å². The van der Waals surface area contributed by atoms with E-state index in [2.05, 4.69) is 24.3 Å². The van der Waals surface area contributed by atoms with Crippen molar-refractivity contribution in [3.63, 3.8) is 0 Å². The summed E-state index contributed by atoms with van der Waals surface area (Å²) in [6, 6.07) is 20.7. The quantitative estimate of drug-likeness (QED) is 0.844. The lowest BCUT2D eigenvalue weighted by atomic mass is 10.0. The second kappa shape index (κ2) is 8.73. The van der Waals surface area contributed by atoms with Crippen molar-refractivity contribution in [3.05, 3.63) is 71.8 Å². The Balaban J connectivity index is 0.00000180. The molecule has 0 aliphatic carbocycles. The summed E-state index contributed by atoms with van der Waals surface area (Å²) in [5.41, 5.74) is 2.60. The number of hydrogen-bond donors (Lipinski definition) is 1. The van der Waals surface area contributed by atoms with Crippen LogP contribution in [-0.2, 0) is 12.8 Å². The molecule has 0 aliphatic heterocycles. The van der Waals surface area contributed by atoms with Crippen LogP contribution in [-0.4, -0.2) is 11.2 Å². The summed E-state index contributed by atoms with van der Waals surface area (Å²) in [5, 5.41) is 9.97. The van der Waals surface area contributed by atoms with Crippen molar-refractivity contribution in [2.24, 2.45) is 0 Å². The van der Waals surface area contributed by atoms with Gasteiger partial charge in [-0.15, -0.1) is 12.4 Å². The van der Waals surface area contributed by atoms with Gasteiger partial charge >= 0.3 is 0 Å². The van der Waals surface area contributed by atoms with Crippen molar-refractivity contribution in [2.45, 2.75) is 31.8 Å². The van der Waals surface area contributed by atoms with Crippen LogP contribution in [0.15, 0.2) is 60.7 Å². The van der Waals surface area contributed by atoms with Crippen molar-refractivity contribution in [1.82, 2.24) is 0 Å². The second-order valence-corrected chi connectivity index (χ2v) is 4.70. The van der Waals surface area contributed by atoms with E-state index in [1.165, 1.54) is 11.1 Å². The molecule has 0 radical (unpaired) electrons. The third kappa shape index (κ3) is 5.91. The van der Waals surface area contributed by atoms with Crippen LogP contribution in [0, 0.1) is 0 Å². The van der Waals surface area contributed by atoms with Gasteiger partial charge in [-0.25, -0.2) is 0 Å². The lowest BCUT2D eigenvalue weighted by Crippen LogP contribution is -2.09. The lowest BCUT2D eigenvalue weighted by Gasteiger charge is -2.10. The fourth-order valence-corrected chi connectivity index (χ4v) is 2.10.